The average Bonchev–Trinajstić information content (AvgIpc) is 2.76. The number of hydrogen-bond acceptors (Lipinski definition) is 3. The number of aromatic nitrogens is 1. The number of halogens is 2. The molecule has 1 heterocycles. The van der Waals surface area contributed by atoms with E-state index >= 15 is 0 Å². The first-order valence-corrected chi connectivity index (χ1v) is 9.64. The zero-order chi connectivity index (χ0) is 20.4. The molecule has 0 aliphatic rings. The second kappa shape index (κ2) is 7.97. The van der Waals surface area contributed by atoms with E-state index in [2.05, 4.69) is 23.2 Å². The second-order valence-electron chi connectivity index (χ2n) is 6.50. The molecule has 0 atom stereocenters. The Balaban J connectivity index is 1.81. The van der Waals surface area contributed by atoms with Gasteiger partial charge in [0.15, 0.2) is 0 Å². The summed E-state index contributed by atoms with van der Waals surface area (Å²) in [4.78, 5) is 4.39. The van der Waals surface area contributed by atoms with Gasteiger partial charge in [-0.2, -0.15) is 5.26 Å². The fourth-order valence-corrected chi connectivity index (χ4v) is 3.48. The average molecular weight is 416 g/mol. The fourth-order valence-electron chi connectivity index (χ4n) is 3.19. The molecule has 0 amide bonds. The largest absolute Gasteiger partial charge is 0.383 e. The van der Waals surface area contributed by atoms with Crippen molar-refractivity contribution in [3.8, 4) is 39.6 Å². The standard InChI is InChI=1S/C24H15Cl2N3/c25-21-11-10-18(12-22(21)26)23-13-19(20(14-27)24(28)29-23)17-8-6-16(7-9-17)15-4-2-1-3-5-15/h1-13H,(H2,28,29). The molecule has 3 aromatic carbocycles. The van der Waals surface area contributed by atoms with Crippen LogP contribution in [0.15, 0.2) is 78.9 Å². The summed E-state index contributed by atoms with van der Waals surface area (Å²) >= 11 is 12.2. The predicted octanol–water partition coefficient (Wildman–Crippen LogP) is 6.84. The topological polar surface area (TPSA) is 62.7 Å². The Hall–Kier alpha value is -3.32. The number of nitrogen functional groups attached to an aromatic ring is 1. The highest BCUT2D eigenvalue weighted by Crippen LogP contribution is 2.34. The maximum Gasteiger partial charge on any atom is 0.142 e. The van der Waals surface area contributed by atoms with Crippen LogP contribution >= 0.6 is 23.2 Å². The normalized spacial score (nSPS) is 10.5. The van der Waals surface area contributed by atoms with Gasteiger partial charge in [-0.3, -0.25) is 0 Å². The van der Waals surface area contributed by atoms with Gasteiger partial charge < -0.3 is 5.73 Å². The minimum absolute atomic E-state index is 0.179. The van der Waals surface area contributed by atoms with Gasteiger partial charge in [0.2, 0.25) is 0 Å². The Bertz CT molecular complexity index is 1230. The molecule has 3 nitrogen and oxygen atoms in total. The summed E-state index contributed by atoms with van der Waals surface area (Å²) in [5, 5.41) is 10.5. The lowest BCUT2D eigenvalue weighted by Crippen LogP contribution is -1.99. The van der Waals surface area contributed by atoms with E-state index in [1.807, 2.05) is 54.6 Å². The third kappa shape index (κ3) is 3.82. The van der Waals surface area contributed by atoms with Crippen LogP contribution in [0.3, 0.4) is 0 Å². The first kappa shape index (κ1) is 19.0. The summed E-state index contributed by atoms with van der Waals surface area (Å²) in [5.74, 6) is 0.179. The number of hydrogen-bond donors (Lipinski definition) is 1. The second-order valence-corrected chi connectivity index (χ2v) is 7.31. The summed E-state index contributed by atoms with van der Waals surface area (Å²) in [5.41, 5.74) is 11.7. The van der Waals surface area contributed by atoms with Gasteiger partial charge in [0.25, 0.3) is 0 Å². The molecule has 2 N–H and O–H groups in total. The number of benzene rings is 3. The number of rotatable bonds is 3. The molecule has 0 aliphatic carbocycles. The Morgan fingerprint density at radius 3 is 2.00 bits per heavy atom. The van der Waals surface area contributed by atoms with E-state index < -0.39 is 0 Å². The van der Waals surface area contributed by atoms with Crippen molar-refractivity contribution < 1.29 is 0 Å². The van der Waals surface area contributed by atoms with Crippen molar-refractivity contribution in [2.24, 2.45) is 0 Å². The van der Waals surface area contributed by atoms with E-state index in [0.717, 1.165) is 27.8 Å². The van der Waals surface area contributed by atoms with Gasteiger partial charge >= 0.3 is 0 Å². The molecule has 5 heteroatoms. The molecule has 0 bridgehead atoms. The minimum Gasteiger partial charge on any atom is -0.383 e. The molecular formula is C24H15Cl2N3. The lowest BCUT2D eigenvalue weighted by molar-refractivity contribution is 1.31. The van der Waals surface area contributed by atoms with Crippen molar-refractivity contribution in [2.45, 2.75) is 0 Å². The molecule has 4 aromatic rings. The number of pyridine rings is 1. The number of nitrogens with two attached hydrogens (primary N) is 1. The van der Waals surface area contributed by atoms with Crippen LogP contribution in [0, 0.1) is 11.3 Å². The fraction of sp³-hybridized carbons (Fsp3) is 0. The van der Waals surface area contributed by atoms with E-state index in [-0.39, 0.29) is 5.82 Å². The van der Waals surface area contributed by atoms with E-state index in [1.54, 1.807) is 12.1 Å². The van der Waals surface area contributed by atoms with Gasteiger partial charge in [0.1, 0.15) is 17.5 Å². The summed E-state index contributed by atoms with van der Waals surface area (Å²) in [6.07, 6.45) is 0. The highest BCUT2D eigenvalue weighted by molar-refractivity contribution is 6.42. The number of nitriles is 1. The molecule has 4 rings (SSSR count). The summed E-state index contributed by atoms with van der Waals surface area (Å²) in [6.45, 7) is 0. The van der Waals surface area contributed by atoms with Crippen LogP contribution < -0.4 is 5.73 Å². The van der Waals surface area contributed by atoms with Crippen LogP contribution in [0.1, 0.15) is 5.56 Å². The smallest absolute Gasteiger partial charge is 0.142 e. The van der Waals surface area contributed by atoms with Gasteiger partial charge in [-0.05, 0) is 34.9 Å². The Morgan fingerprint density at radius 2 is 1.34 bits per heavy atom. The van der Waals surface area contributed by atoms with Crippen LogP contribution in [-0.4, -0.2) is 4.98 Å². The maximum atomic E-state index is 9.63. The van der Waals surface area contributed by atoms with Gasteiger partial charge in [0, 0.05) is 11.1 Å². The third-order valence-electron chi connectivity index (χ3n) is 4.68. The van der Waals surface area contributed by atoms with Crippen molar-refractivity contribution in [1.29, 1.82) is 5.26 Å². The van der Waals surface area contributed by atoms with Crippen LogP contribution in [0.5, 0.6) is 0 Å². The Labute approximate surface area is 179 Å². The van der Waals surface area contributed by atoms with E-state index in [0.29, 0.717) is 21.3 Å². The van der Waals surface area contributed by atoms with Crippen LogP contribution in [0.25, 0.3) is 33.5 Å². The lowest BCUT2D eigenvalue weighted by atomic mass is 9.96. The SMILES string of the molecule is N#Cc1c(-c2ccc(-c3ccccc3)cc2)cc(-c2ccc(Cl)c(Cl)c2)nc1N. The molecule has 0 saturated heterocycles. The van der Waals surface area contributed by atoms with Crippen molar-refractivity contribution in [3.05, 3.63) is 94.5 Å². The first-order chi connectivity index (χ1) is 14.1. The van der Waals surface area contributed by atoms with Crippen molar-refractivity contribution in [2.75, 3.05) is 5.73 Å². The predicted molar refractivity (Wildman–Crippen MR) is 120 cm³/mol. The molecule has 0 saturated carbocycles. The van der Waals surface area contributed by atoms with Gasteiger partial charge in [0.05, 0.1) is 15.7 Å². The molecular weight excluding hydrogens is 401 g/mol. The highest BCUT2D eigenvalue weighted by Gasteiger charge is 2.14. The molecule has 0 aliphatic heterocycles. The van der Waals surface area contributed by atoms with Crippen molar-refractivity contribution in [3.63, 3.8) is 0 Å². The Kier molecular flexibility index (Phi) is 5.22. The summed E-state index contributed by atoms with van der Waals surface area (Å²) in [6, 6.07) is 27.4. The highest BCUT2D eigenvalue weighted by atomic mass is 35.5. The van der Waals surface area contributed by atoms with Crippen molar-refractivity contribution >= 4 is 29.0 Å². The molecule has 0 fully saturated rings. The first-order valence-electron chi connectivity index (χ1n) is 8.88. The quantitative estimate of drug-likeness (QED) is 0.398. The maximum absolute atomic E-state index is 9.63. The molecule has 0 unspecified atom stereocenters. The number of nitrogens with zero attached hydrogens (tertiary/aromatic N) is 2. The lowest BCUT2D eigenvalue weighted by Gasteiger charge is -2.11. The molecule has 1 aromatic heterocycles. The molecule has 29 heavy (non-hydrogen) atoms. The van der Waals surface area contributed by atoms with Gasteiger partial charge in [-0.25, -0.2) is 4.98 Å². The monoisotopic (exact) mass is 415 g/mol. The third-order valence-corrected chi connectivity index (χ3v) is 5.42. The Morgan fingerprint density at radius 1 is 0.724 bits per heavy atom. The van der Waals surface area contributed by atoms with E-state index in [9.17, 15) is 5.26 Å². The van der Waals surface area contributed by atoms with Crippen molar-refractivity contribution in [1.82, 2.24) is 4.98 Å². The zero-order valence-electron chi connectivity index (χ0n) is 15.2. The molecule has 140 valence electrons. The van der Waals surface area contributed by atoms with E-state index in [4.69, 9.17) is 28.9 Å². The zero-order valence-corrected chi connectivity index (χ0v) is 16.7. The summed E-state index contributed by atoms with van der Waals surface area (Å²) in [7, 11) is 0. The minimum atomic E-state index is 0.179. The van der Waals surface area contributed by atoms with Gasteiger partial charge in [-0.15, -0.1) is 0 Å². The van der Waals surface area contributed by atoms with Crippen LogP contribution in [0.2, 0.25) is 10.0 Å². The van der Waals surface area contributed by atoms with E-state index in [1.165, 1.54) is 0 Å². The van der Waals surface area contributed by atoms with Crippen LogP contribution in [0.4, 0.5) is 5.82 Å². The molecule has 0 spiro atoms. The van der Waals surface area contributed by atoms with Gasteiger partial charge in [-0.1, -0.05) is 83.9 Å². The number of anilines is 1. The molecule has 0 radical (unpaired) electrons. The summed E-state index contributed by atoms with van der Waals surface area (Å²) < 4.78 is 0. The van der Waals surface area contributed by atoms with Crippen LogP contribution in [-0.2, 0) is 0 Å².